The minimum absolute atomic E-state index is 0.0156. The van der Waals surface area contributed by atoms with Crippen LogP contribution in [0.3, 0.4) is 0 Å². The van der Waals surface area contributed by atoms with E-state index < -0.39 is 0 Å². The number of likely N-dealkylation sites (N-methyl/N-ethyl adjacent to an activating group) is 1. The summed E-state index contributed by atoms with van der Waals surface area (Å²) in [7, 11) is 4.04. The molecule has 0 aromatic carbocycles. The van der Waals surface area contributed by atoms with Crippen LogP contribution in [0.25, 0.3) is 11.0 Å². The summed E-state index contributed by atoms with van der Waals surface area (Å²) in [6, 6.07) is 1.84. The van der Waals surface area contributed by atoms with Gasteiger partial charge in [-0.15, -0.1) is 0 Å². The predicted octanol–water partition coefficient (Wildman–Crippen LogP) is 0.519. The Bertz CT molecular complexity index is 883. The minimum atomic E-state index is -0.172. The van der Waals surface area contributed by atoms with Crippen molar-refractivity contribution in [1.82, 2.24) is 34.7 Å². The van der Waals surface area contributed by atoms with Gasteiger partial charge in [-0.05, 0) is 13.1 Å². The summed E-state index contributed by atoms with van der Waals surface area (Å²) in [4.78, 5) is 30.5. The third-order valence-corrected chi connectivity index (χ3v) is 4.62. The molecule has 0 saturated carbocycles. The third-order valence-electron chi connectivity index (χ3n) is 4.62. The van der Waals surface area contributed by atoms with Crippen LogP contribution in [0.15, 0.2) is 31.1 Å². The lowest BCUT2D eigenvalue weighted by Crippen LogP contribution is -2.40. The summed E-state index contributed by atoms with van der Waals surface area (Å²) in [5, 5.41) is 3.88. The van der Waals surface area contributed by atoms with Crippen molar-refractivity contribution in [2.75, 3.05) is 20.1 Å². The van der Waals surface area contributed by atoms with Crippen LogP contribution in [0.2, 0.25) is 0 Å². The number of fused-ring (bicyclic) bond motifs is 1. The number of rotatable bonds is 3. The summed E-state index contributed by atoms with van der Waals surface area (Å²) in [5.74, 6) is 0.0319. The summed E-state index contributed by atoms with van der Waals surface area (Å²) >= 11 is 0. The van der Waals surface area contributed by atoms with Gasteiger partial charge in [0.1, 0.15) is 17.7 Å². The molecule has 1 aliphatic rings. The second-order valence-corrected chi connectivity index (χ2v) is 6.30. The van der Waals surface area contributed by atoms with Crippen LogP contribution >= 0.6 is 0 Å². The fourth-order valence-corrected chi connectivity index (χ4v) is 3.46. The summed E-state index contributed by atoms with van der Waals surface area (Å²) in [5.41, 5.74) is 2.19. The molecule has 0 bridgehead atoms. The lowest BCUT2D eigenvalue weighted by molar-refractivity contribution is 0.0932. The SMILES string of the molecule is CN1C[C@@H](NC(=O)c2ncnc3[nH]ccc23)[C@H](c2cncn2C)C1. The van der Waals surface area contributed by atoms with Crippen molar-refractivity contribution in [3.63, 3.8) is 0 Å². The number of nitrogens with one attached hydrogen (secondary N) is 2. The Balaban J connectivity index is 1.60. The molecule has 1 amide bonds. The zero-order chi connectivity index (χ0) is 16.7. The number of aryl methyl sites for hydroxylation is 1. The van der Waals surface area contributed by atoms with Gasteiger partial charge in [0.2, 0.25) is 0 Å². The van der Waals surface area contributed by atoms with Crippen LogP contribution in [-0.4, -0.2) is 61.5 Å². The van der Waals surface area contributed by atoms with E-state index in [9.17, 15) is 4.79 Å². The molecule has 0 radical (unpaired) electrons. The Morgan fingerprint density at radius 2 is 2.21 bits per heavy atom. The highest BCUT2D eigenvalue weighted by Crippen LogP contribution is 2.26. The molecule has 1 saturated heterocycles. The molecule has 4 heterocycles. The van der Waals surface area contributed by atoms with Crippen molar-refractivity contribution in [2.45, 2.75) is 12.0 Å². The second kappa shape index (κ2) is 5.72. The van der Waals surface area contributed by atoms with Gasteiger partial charge in [0, 0.05) is 44.1 Å². The van der Waals surface area contributed by atoms with Crippen molar-refractivity contribution in [3.8, 4) is 0 Å². The van der Waals surface area contributed by atoms with Crippen molar-refractivity contribution >= 4 is 16.9 Å². The van der Waals surface area contributed by atoms with E-state index in [1.807, 2.05) is 23.9 Å². The average molecular weight is 325 g/mol. The van der Waals surface area contributed by atoms with Crippen molar-refractivity contribution < 1.29 is 4.79 Å². The molecule has 24 heavy (non-hydrogen) atoms. The molecule has 2 N–H and O–H groups in total. The standard InChI is InChI=1S/C16H19N7O/c1-22-6-11(13-5-17-9-23(13)2)12(7-22)21-16(24)14-10-3-4-18-15(10)20-8-19-14/h3-5,8-9,11-12H,6-7H2,1-2H3,(H,21,24)(H,18,19,20)/t11-,12-/m1/s1. The van der Waals surface area contributed by atoms with E-state index in [1.165, 1.54) is 6.33 Å². The first-order valence-corrected chi connectivity index (χ1v) is 7.87. The summed E-state index contributed by atoms with van der Waals surface area (Å²) in [6.45, 7) is 1.68. The average Bonchev–Trinajstić information content (AvgIpc) is 3.26. The smallest absolute Gasteiger partial charge is 0.270 e. The Morgan fingerprint density at radius 1 is 1.33 bits per heavy atom. The lowest BCUT2D eigenvalue weighted by atomic mass is 10.00. The van der Waals surface area contributed by atoms with Gasteiger partial charge >= 0.3 is 0 Å². The van der Waals surface area contributed by atoms with Crippen LogP contribution in [0.4, 0.5) is 0 Å². The Morgan fingerprint density at radius 3 is 3.00 bits per heavy atom. The van der Waals surface area contributed by atoms with Crippen molar-refractivity contribution in [3.05, 3.63) is 42.5 Å². The van der Waals surface area contributed by atoms with Gasteiger partial charge in [0.25, 0.3) is 5.91 Å². The number of H-pyrrole nitrogens is 1. The van der Waals surface area contributed by atoms with E-state index in [2.05, 4.69) is 37.2 Å². The number of amides is 1. The zero-order valence-electron chi connectivity index (χ0n) is 13.6. The molecule has 3 aromatic heterocycles. The Hall–Kier alpha value is -2.74. The Kier molecular flexibility index (Phi) is 3.53. The number of aromatic amines is 1. The van der Waals surface area contributed by atoms with Crippen LogP contribution in [-0.2, 0) is 7.05 Å². The summed E-state index contributed by atoms with van der Waals surface area (Å²) in [6.07, 6.45) is 6.84. The highest BCUT2D eigenvalue weighted by Gasteiger charge is 2.35. The van der Waals surface area contributed by atoms with Gasteiger partial charge in [0.05, 0.1) is 17.8 Å². The number of likely N-dealkylation sites (tertiary alicyclic amines) is 1. The number of carbonyl (C=O) groups excluding carboxylic acids is 1. The molecule has 0 aliphatic carbocycles. The van der Waals surface area contributed by atoms with E-state index in [1.54, 1.807) is 12.5 Å². The van der Waals surface area contributed by atoms with Gasteiger partial charge in [-0.1, -0.05) is 0 Å². The number of nitrogens with zero attached hydrogens (tertiary/aromatic N) is 5. The van der Waals surface area contributed by atoms with Crippen LogP contribution in [0, 0.1) is 0 Å². The molecule has 4 rings (SSSR count). The first-order chi connectivity index (χ1) is 11.6. The van der Waals surface area contributed by atoms with E-state index in [4.69, 9.17) is 0 Å². The number of hydrogen-bond donors (Lipinski definition) is 2. The van der Waals surface area contributed by atoms with Crippen molar-refractivity contribution in [2.24, 2.45) is 7.05 Å². The highest BCUT2D eigenvalue weighted by molar-refractivity contribution is 6.03. The third kappa shape index (κ3) is 2.44. The fraction of sp³-hybridized carbons (Fsp3) is 0.375. The van der Waals surface area contributed by atoms with E-state index >= 15 is 0 Å². The molecule has 0 spiro atoms. The van der Waals surface area contributed by atoms with Gasteiger partial charge in [-0.3, -0.25) is 4.79 Å². The molecule has 1 fully saturated rings. The van der Waals surface area contributed by atoms with E-state index in [-0.39, 0.29) is 17.9 Å². The minimum Gasteiger partial charge on any atom is -0.346 e. The van der Waals surface area contributed by atoms with Crippen LogP contribution in [0.1, 0.15) is 22.1 Å². The van der Waals surface area contributed by atoms with E-state index in [0.717, 1.165) is 24.2 Å². The molecule has 8 nitrogen and oxygen atoms in total. The molecule has 0 unspecified atom stereocenters. The van der Waals surface area contributed by atoms with Gasteiger partial charge < -0.3 is 19.8 Å². The molecule has 2 atom stereocenters. The number of carbonyl (C=O) groups is 1. The molecule has 8 heteroatoms. The Labute approximate surface area is 138 Å². The quantitative estimate of drug-likeness (QED) is 0.732. The molecule has 1 aliphatic heterocycles. The zero-order valence-corrected chi connectivity index (χ0v) is 13.6. The van der Waals surface area contributed by atoms with Gasteiger partial charge in [-0.25, -0.2) is 15.0 Å². The number of imidazole rings is 1. The number of hydrogen-bond acceptors (Lipinski definition) is 5. The van der Waals surface area contributed by atoms with Gasteiger partial charge in [-0.2, -0.15) is 0 Å². The van der Waals surface area contributed by atoms with Crippen LogP contribution in [0.5, 0.6) is 0 Å². The molecular formula is C16H19N7O. The van der Waals surface area contributed by atoms with Crippen molar-refractivity contribution in [1.29, 1.82) is 0 Å². The highest BCUT2D eigenvalue weighted by atomic mass is 16.2. The monoisotopic (exact) mass is 325 g/mol. The molecule has 3 aromatic rings. The van der Waals surface area contributed by atoms with E-state index in [0.29, 0.717) is 11.3 Å². The largest absolute Gasteiger partial charge is 0.346 e. The first-order valence-electron chi connectivity index (χ1n) is 7.87. The maximum Gasteiger partial charge on any atom is 0.270 e. The second-order valence-electron chi connectivity index (χ2n) is 6.30. The maximum atomic E-state index is 12.8. The maximum absolute atomic E-state index is 12.8. The normalized spacial score (nSPS) is 21.4. The fourth-order valence-electron chi connectivity index (χ4n) is 3.46. The molecule has 124 valence electrons. The van der Waals surface area contributed by atoms with Gasteiger partial charge in [0.15, 0.2) is 0 Å². The molecular weight excluding hydrogens is 306 g/mol. The lowest BCUT2D eigenvalue weighted by Gasteiger charge is -2.20. The predicted molar refractivity (Wildman–Crippen MR) is 88.6 cm³/mol. The first kappa shape index (κ1) is 14.8. The van der Waals surface area contributed by atoms with Crippen LogP contribution < -0.4 is 5.32 Å². The topological polar surface area (TPSA) is 91.7 Å². The number of aromatic nitrogens is 5. The summed E-state index contributed by atoms with van der Waals surface area (Å²) < 4.78 is 2.01.